The lowest BCUT2D eigenvalue weighted by molar-refractivity contribution is 0.264. The number of hydrogen-bond donors (Lipinski definition) is 1. The van der Waals surface area contributed by atoms with E-state index in [2.05, 4.69) is 22.4 Å². The Balaban J connectivity index is 1.73. The van der Waals surface area contributed by atoms with Crippen molar-refractivity contribution < 1.29 is 8.42 Å². The highest BCUT2D eigenvalue weighted by Gasteiger charge is 2.25. The second-order valence-corrected chi connectivity index (χ2v) is 6.87. The van der Waals surface area contributed by atoms with E-state index < -0.39 is 9.84 Å². The Morgan fingerprint density at radius 3 is 2.69 bits per heavy atom. The number of nitrogens with one attached hydrogen (secondary N) is 1. The highest BCUT2D eigenvalue weighted by molar-refractivity contribution is 7.91. The minimum atomic E-state index is -2.73. The Morgan fingerprint density at radius 1 is 1.31 bits per heavy atom. The zero-order valence-electron chi connectivity index (χ0n) is 9.56. The van der Waals surface area contributed by atoms with E-state index in [0.29, 0.717) is 11.5 Å². The van der Waals surface area contributed by atoms with Crippen LogP contribution >= 0.6 is 0 Å². The van der Waals surface area contributed by atoms with E-state index >= 15 is 0 Å². The Morgan fingerprint density at radius 2 is 2.06 bits per heavy atom. The van der Waals surface area contributed by atoms with Crippen molar-refractivity contribution in [2.75, 3.05) is 44.2 Å². The van der Waals surface area contributed by atoms with E-state index in [-0.39, 0.29) is 5.92 Å². The van der Waals surface area contributed by atoms with Gasteiger partial charge < -0.3 is 5.32 Å². The molecule has 2 heterocycles. The van der Waals surface area contributed by atoms with Gasteiger partial charge in [0.1, 0.15) is 0 Å². The van der Waals surface area contributed by atoms with Crippen molar-refractivity contribution in [1.29, 1.82) is 0 Å². The Hall–Kier alpha value is -0.390. The quantitative estimate of drug-likeness (QED) is 0.703. The summed E-state index contributed by atoms with van der Waals surface area (Å²) in [5.74, 6) is 0.980. The Labute approximate surface area is 97.6 Å². The van der Waals surface area contributed by atoms with Gasteiger partial charge in [-0.3, -0.25) is 4.90 Å². The topological polar surface area (TPSA) is 49.4 Å². The molecule has 2 saturated heterocycles. The molecule has 1 N–H and O–H groups in total. The fraction of sp³-hybridized carbons (Fsp3) is 0.818. The number of allylic oxidation sites excluding steroid dienone is 1. The van der Waals surface area contributed by atoms with Crippen LogP contribution < -0.4 is 5.32 Å². The molecular formula is C11H20N2O2S. The zero-order valence-corrected chi connectivity index (χ0v) is 10.4. The third kappa shape index (κ3) is 3.57. The Kier molecular flexibility index (Phi) is 4.00. The molecule has 1 atom stereocenters. The van der Waals surface area contributed by atoms with Gasteiger partial charge in [-0.25, -0.2) is 8.42 Å². The summed E-state index contributed by atoms with van der Waals surface area (Å²) >= 11 is 0. The lowest BCUT2D eigenvalue weighted by Crippen LogP contribution is -2.43. The molecule has 92 valence electrons. The summed E-state index contributed by atoms with van der Waals surface area (Å²) in [6.07, 6.45) is 5.03. The van der Waals surface area contributed by atoms with Gasteiger partial charge in [-0.1, -0.05) is 12.2 Å². The maximum absolute atomic E-state index is 11.3. The van der Waals surface area contributed by atoms with E-state index in [4.69, 9.17) is 0 Å². The molecule has 4 nitrogen and oxygen atoms in total. The number of sulfone groups is 1. The first-order chi connectivity index (χ1) is 7.66. The molecule has 2 aliphatic rings. The number of piperazine rings is 1. The van der Waals surface area contributed by atoms with Crippen molar-refractivity contribution in [3.05, 3.63) is 12.2 Å². The van der Waals surface area contributed by atoms with Gasteiger partial charge in [0.25, 0.3) is 0 Å². The standard InChI is InChI=1S/C11H20N2O2S/c14-16(15)9-3-11(10-16)2-1-6-13-7-4-12-5-8-13/h1-2,11-12H,3-10H2/b2-1-. The second kappa shape index (κ2) is 5.29. The van der Waals surface area contributed by atoms with Gasteiger partial charge in [-0.05, 0) is 12.3 Å². The van der Waals surface area contributed by atoms with Crippen molar-refractivity contribution in [3.63, 3.8) is 0 Å². The van der Waals surface area contributed by atoms with Crippen molar-refractivity contribution >= 4 is 9.84 Å². The minimum Gasteiger partial charge on any atom is -0.314 e. The molecule has 0 aromatic rings. The summed E-state index contributed by atoms with van der Waals surface area (Å²) in [4.78, 5) is 2.39. The molecule has 0 radical (unpaired) electrons. The van der Waals surface area contributed by atoms with Crippen LogP contribution in [0.4, 0.5) is 0 Å². The molecule has 1 unspecified atom stereocenters. The molecule has 0 aromatic heterocycles. The van der Waals surface area contributed by atoms with Crippen LogP contribution in [0.2, 0.25) is 0 Å². The van der Waals surface area contributed by atoms with Crippen LogP contribution in [0.15, 0.2) is 12.2 Å². The third-order valence-corrected chi connectivity index (χ3v) is 5.04. The number of nitrogens with zero attached hydrogens (tertiary/aromatic N) is 1. The van der Waals surface area contributed by atoms with Crippen LogP contribution in [0.1, 0.15) is 6.42 Å². The summed E-state index contributed by atoms with van der Waals surface area (Å²) in [5.41, 5.74) is 0. The molecule has 0 aromatic carbocycles. The van der Waals surface area contributed by atoms with E-state index in [1.54, 1.807) is 0 Å². The number of rotatable bonds is 3. The monoisotopic (exact) mass is 244 g/mol. The molecule has 0 saturated carbocycles. The molecular weight excluding hydrogens is 224 g/mol. The molecule has 2 fully saturated rings. The molecule has 2 rings (SSSR count). The van der Waals surface area contributed by atoms with Gasteiger partial charge in [0, 0.05) is 32.7 Å². The molecule has 5 heteroatoms. The van der Waals surface area contributed by atoms with Crippen LogP contribution in [0.25, 0.3) is 0 Å². The smallest absolute Gasteiger partial charge is 0.150 e. The maximum Gasteiger partial charge on any atom is 0.150 e. The van der Waals surface area contributed by atoms with Crippen molar-refractivity contribution in [1.82, 2.24) is 10.2 Å². The van der Waals surface area contributed by atoms with Crippen LogP contribution in [-0.2, 0) is 9.84 Å². The molecule has 16 heavy (non-hydrogen) atoms. The molecule has 0 bridgehead atoms. The maximum atomic E-state index is 11.3. The van der Waals surface area contributed by atoms with Gasteiger partial charge in [0.05, 0.1) is 11.5 Å². The SMILES string of the molecule is O=S1(=O)CCC(/C=C\CN2CCNCC2)C1. The van der Waals surface area contributed by atoms with Gasteiger partial charge in [-0.15, -0.1) is 0 Å². The molecule has 2 aliphatic heterocycles. The summed E-state index contributed by atoms with van der Waals surface area (Å²) in [6, 6.07) is 0. The first kappa shape index (κ1) is 12.1. The van der Waals surface area contributed by atoms with Gasteiger partial charge >= 0.3 is 0 Å². The summed E-state index contributed by atoms with van der Waals surface area (Å²) in [5, 5.41) is 3.31. The number of hydrogen-bond acceptors (Lipinski definition) is 4. The van der Waals surface area contributed by atoms with Gasteiger partial charge in [0.15, 0.2) is 9.84 Å². The average Bonchev–Trinajstić information content (AvgIpc) is 2.60. The van der Waals surface area contributed by atoms with Gasteiger partial charge in [-0.2, -0.15) is 0 Å². The van der Waals surface area contributed by atoms with Crippen LogP contribution in [0.3, 0.4) is 0 Å². The lowest BCUT2D eigenvalue weighted by atomic mass is 10.1. The molecule has 0 spiro atoms. The van der Waals surface area contributed by atoms with Crippen LogP contribution in [-0.4, -0.2) is 57.5 Å². The largest absolute Gasteiger partial charge is 0.314 e. The fourth-order valence-electron chi connectivity index (χ4n) is 2.27. The first-order valence-electron chi connectivity index (χ1n) is 5.96. The minimum absolute atomic E-state index is 0.257. The fourth-order valence-corrected chi connectivity index (χ4v) is 4.03. The van der Waals surface area contributed by atoms with Gasteiger partial charge in [0.2, 0.25) is 0 Å². The highest BCUT2D eigenvalue weighted by atomic mass is 32.2. The summed E-state index contributed by atoms with van der Waals surface area (Å²) < 4.78 is 22.5. The first-order valence-corrected chi connectivity index (χ1v) is 7.78. The predicted octanol–water partition coefficient (Wildman–Crippen LogP) is -0.117. The lowest BCUT2D eigenvalue weighted by Gasteiger charge is -2.25. The molecule has 0 amide bonds. The van der Waals surface area contributed by atoms with Crippen molar-refractivity contribution in [2.45, 2.75) is 6.42 Å². The predicted molar refractivity (Wildman–Crippen MR) is 65.2 cm³/mol. The van der Waals surface area contributed by atoms with Crippen LogP contribution in [0.5, 0.6) is 0 Å². The average molecular weight is 244 g/mol. The van der Waals surface area contributed by atoms with E-state index in [0.717, 1.165) is 39.1 Å². The summed E-state index contributed by atoms with van der Waals surface area (Å²) in [6.45, 7) is 5.26. The normalized spacial score (nSPS) is 31.1. The zero-order chi connectivity index (χ0) is 11.4. The van der Waals surface area contributed by atoms with E-state index in [1.165, 1.54) is 0 Å². The van der Waals surface area contributed by atoms with Crippen molar-refractivity contribution in [2.24, 2.45) is 5.92 Å². The van der Waals surface area contributed by atoms with Crippen LogP contribution in [0, 0.1) is 5.92 Å². The summed E-state index contributed by atoms with van der Waals surface area (Å²) in [7, 11) is -2.73. The highest BCUT2D eigenvalue weighted by Crippen LogP contribution is 2.19. The Bertz CT molecular complexity index is 345. The second-order valence-electron chi connectivity index (χ2n) is 4.64. The third-order valence-electron chi connectivity index (χ3n) is 3.25. The van der Waals surface area contributed by atoms with Crippen molar-refractivity contribution in [3.8, 4) is 0 Å². The van der Waals surface area contributed by atoms with E-state index in [1.807, 2.05) is 0 Å². The van der Waals surface area contributed by atoms with E-state index in [9.17, 15) is 8.42 Å². The molecule has 0 aliphatic carbocycles.